The molecule has 1 aromatic heterocycles. The van der Waals surface area contributed by atoms with Crippen molar-refractivity contribution in [3.8, 4) is 0 Å². The molecule has 1 fully saturated rings. The minimum absolute atomic E-state index is 0.303. The predicted molar refractivity (Wildman–Crippen MR) is 79.1 cm³/mol. The van der Waals surface area contributed by atoms with Crippen molar-refractivity contribution in [2.75, 3.05) is 6.54 Å². The molecule has 1 aliphatic rings. The summed E-state index contributed by atoms with van der Waals surface area (Å²) < 4.78 is 5.95. The van der Waals surface area contributed by atoms with E-state index in [4.69, 9.17) is 4.42 Å². The lowest BCUT2D eigenvalue weighted by Crippen LogP contribution is -2.53. The number of fused-ring (bicyclic) bond motifs is 1. The van der Waals surface area contributed by atoms with Crippen LogP contribution in [0.25, 0.3) is 11.1 Å². The van der Waals surface area contributed by atoms with E-state index in [1.165, 1.54) is 4.90 Å². The first kappa shape index (κ1) is 13.9. The van der Waals surface area contributed by atoms with Crippen LogP contribution < -0.4 is 0 Å². The number of carbonyl (C=O) groups is 1. The summed E-state index contributed by atoms with van der Waals surface area (Å²) in [5.74, 6) is 0.510. The molecule has 0 radical (unpaired) electrons. The second-order valence-electron chi connectivity index (χ2n) is 6.63. The lowest BCUT2D eigenvalue weighted by molar-refractivity contribution is 0.00863. The molecule has 0 spiro atoms. The third kappa shape index (κ3) is 1.91. The highest BCUT2D eigenvalue weighted by Gasteiger charge is 2.56. The van der Waals surface area contributed by atoms with Gasteiger partial charge in [0.2, 0.25) is 5.89 Å². The smallest absolute Gasteiger partial charge is 0.408 e. The maximum Gasteiger partial charge on any atom is 0.408 e. The van der Waals surface area contributed by atoms with Gasteiger partial charge in [0.25, 0.3) is 0 Å². The molecule has 21 heavy (non-hydrogen) atoms. The SMILES string of the molecule is CC(C)(C)[C@@]1(c2nc3ccccc3o2)CCCN1C(=O)O. The Morgan fingerprint density at radius 1 is 1.38 bits per heavy atom. The van der Waals surface area contributed by atoms with Crippen LogP contribution in [0.1, 0.15) is 39.5 Å². The maximum atomic E-state index is 11.7. The number of hydrogen-bond donors (Lipinski definition) is 1. The third-order valence-electron chi connectivity index (χ3n) is 4.50. The average molecular weight is 288 g/mol. The number of oxazole rings is 1. The van der Waals surface area contributed by atoms with Crippen LogP contribution >= 0.6 is 0 Å². The molecule has 1 saturated heterocycles. The summed E-state index contributed by atoms with van der Waals surface area (Å²) in [5, 5.41) is 9.60. The Morgan fingerprint density at radius 3 is 2.71 bits per heavy atom. The van der Waals surface area contributed by atoms with Crippen molar-refractivity contribution in [3.63, 3.8) is 0 Å². The summed E-state index contributed by atoms with van der Waals surface area (Å²) in [7, 11) is 0. The molecule has 0 bridgehead atoms. The molecule has 1 atom stereocenters. The molecule has 1 aromatic carbocycles. The highest BCUT2D eigenvalue weighted by Crippen LogP contribution is 2.51. The van der Waals surface area contributed by atoms with Gasteiger partial charge in [-0.3, -0.25) is 4.90 Å². The standard InChI is InChI=1S/C16H20N2O3/c1-15(2,3)16(9-6-10-18(16)14(19)20)13-17-11-7-4-5-8-12(11)21-13/h4-5,7-8H,6,9-10H2,1-3H3,(H,19,20)/t16-/m0/s1. The van der Waals surface area contributed by atoms with E-state index in [0.29, 0.717) is 18.0 Å². The van der Waals surface area contributed by atoms with E-state index < -0.39 is 11.6 Å². The molecule has 1 aliphatic heterocycles. The van der Waals surface area contributed by atoms with Crippen LogP contribution in [0.15, 0.2) is 28.7 Å². The lowest BCUT2D eigenvalue weighted by Gasteiger charge is -2.44. The fourth-order valence-corrected chi connectivity index (χ4v) is 3.45. The summed E-state index contributed by atoms with van der Waals surface area (Å²) >= 11 is 0. The van der Waals surface area contributed by atoms with Crippen LogP contribution in [0.3, 0.4) is 0 Å². The molecule has 3 rings (SSSR count). The van der Waals surface area contributed by atoms with Gasteiger partial charge < -0.3 is 9.52 Å². The Hall–Kier alpha value is -2.04. The van der Waals surface area contributed by atoms with Gasteiger partial charge in [-0.2, -0.15) is 0 Å². The molecule has 0 aliphatic carbocycles. The molecule has 5 heteroatoms. The third-order valence-corrected chi connectivity index (χ3v) is 4.50. The van der Waals surface area contributed by atoms with Crippen molar-refractivity contribution < 1.29 is 14.3 Å². The van der Waals surface area contributed by atoms with Gasteiger partial charge in [0.05, 0.1) is 0 Å². The van der Waals surface area contributed by atoms with Gasteiger partial charge in [-0.15, -0.1) is 0 Å². The van der Waals surface area contributed by atoms with Gasteiger partial charge in [0.15, 0.2) is 5.58 Å². The number of para-hydroxylation sites is 2. The first-order valence-corrected chi connectivity index (χ1v) is 7.23. The summed E-state index contributed by atoms with van der Waals surface area (Å²) in [4.78, 5) is 17.8. The van der Waals surface area contributed by atoms with Crippen LogP contribution in [-0.4, -0.2) is 27.6 Å². The first-order valence-electron chi connectivity index (χ1n) is 7.23. The van der Waals surface area contributed by atoms with Gasteiger partial charge in [0.1, 0.15) is 11.1 Å². The Balaban J connectivity index is 2.22. The van der Waals surface area contributed by atoms with E-state index in [9.17, 15) is 9.90 Å². The van der Waals surface area contributed by atoms with Gasteiger partial charge in [-0.05, 0) is 30.4 Å². The number of benzene rings is 1. The van der Waals surface area contributed by atoms with E-state index in [1.807, 2.05) is 45.0 Å². The molecular formula is C16H20N2O3. The van der Waals surface area contributed by atoms with Crippen molar-refractivity contribution in [2.45, 2.75) is 39.2 Å². The zero-order valence-corrected chi connectivity index (χ0v) is 12.6. The van der Waals surface area contributed by atoms with Crippen molar-refractivity contribution in [2.24, 2.45) is 5.41 Å². The van der Waals surface area contributed by atoms with Crippen molar-refractivity contribution in [3.05, 3.63) is 30.2 Å². The Kier molecular flexibility index (Phi) is 2.97. The number of hydrogen-bond acceptors (Lipinski definition) is 3. The number of amides is 1. The van der Waals surface area contributed by atoms with E-state index in [2.05, 4.69) is 4.98 Å². The quantitative estimate of drug-likeness (QED) is 0.865. The van der Waals surface area contributed by atoms with Crippen LogP contribution in [0, 0.1) is 5.41 Å². The molecule has 1 N–H and O–H groups in total. The van der Waals surface area contributed by atoms with Gasteiger partial charge in [0, 0.05) is 6.54 Å². The molecule has 112 valence electrons. The molecule has 2 heterocycles. The second-order valence-corrected chi connectivity index (χ2v) is 6.63. The van der Waals surface area contributed by atoms with E-state index in [0.717, 1.165) is 18.4 Å². The minimum atomic E-state index is -0.912. The van der Waals surface area contributed by atoms with Crippen LogP contribution in [-0.2, 0) is 5.54 Å². The minimum Gasteiger partial charge on any atom is -0.465 e. The Morgan fingerprint density at radius 2 is 2.10 bits per heavy atom. The summed E-state index contributed by atoms with van der Waals surface area (Å²) in [6.07, 6.45) is 0.641. The Labute approximate surface area is 123 Å². The molecule has 0 unspecified atom stereocenters. The number of aromatic nitrogens is 1. The lowest BCUT2D eigenvalue weighted by atomic mass is 9.71. The number of carboxylic acid groups (broad SMARTS) is 1. The van der Waals surface area contributed by atoms with Crippen LogP contribution in [0.2, 0.25) is 0 Å². The Bertz CT molecular complexity index is 653. The normalized spacial score (nSPS) is 22.9. The fourth-order valence-electron chi connectivity index (χ4n) is 3.45. The van der Waals surface area contributed by atoms with Crippen molar-refractivity contribution in [1.82, 2.24) is 9.88 Å². The van der Waals surface area contributed by atoms with E-state index >= 15 is 0 Å². The highest BCUT2D eigenvalue weighted by atomic mass is 16.4. The topological polar surface area (TPSA) is 66.6 Å². The van der Waals surface area contributed by atoms with Gasteiger partial charge in [-0.1, -0.05) is 32.9 Å². The molecule has 2 aromatic rings. The molecule has 5 nitrogen and oxygen atoms in total. The van der Waals surface area contributed by atoms with Crippen molar-refractivity contribution in [1.29, 1.82) is 0 Å². The van der Waals surface area contributed by atoms with Crippen LogP contribution in [0.5, 0.6) is 0 Å². The number of likely N-dealkylation sites (tertiary alicyclic amines) is 1. The maximum absolute atomic E-state index is 11.7. The fraction of sp³-hybridized carbons (Fsp3) is 0.500. The monoisotopic (exact) mass is 288 g/mol. The predicted octanol–water partition coefficient (Wildman–Crippen LogP) is 3.84. The molecular weight excluding hydrogens is 268 g/mol. The van der Waals surface area contributed by atoms with Crippen molar-refractivity contribution >= 4 is 17.2 Å². The second kappa shape index (κ2) is 4.48. The van der Waals surface area contributed by atoms with Gasteiger partial charge >= 0.3 is 6.09 Å². The van der Waals surface area contributed by atoms with Gasteiger partial charge in [-0.25, -0.2) is 9.78 Å². The highest BCUT2D eigenvalue weighted by molar-refractivity contribution is 5.73. The van der Waals surface area contributed by atoms with E-state index in [1.54, 1.807) is 0 Å². The van der Waals surface area contributed by atoms with E-state index in [-0.39, 0.29) is 5.41 Å². The first-order chi connectivity index (χ1) is 9.86. The zero-order chi connectivity index (χ0) is 15.3. The average Bonchev–Trinajstić information content (AvgIpc) is 3.02. The largest absolute Gasteiger partial charge is 0.465 e. The van der Waals surface area contributed by atoms with Crippen LogP contribution in [0.4, 0.5) is 4.79 Å². The summed E-state index contributed by atoms with van der Waals surface area (Å²) in [6.45, 7) is 6.65. The zero-order valence-electron chi connectivity index (χ0n) is 12.6. The summed E-state index contributed by atoms with van der Waals surface area (Å²) in [6, 6.07) is 7.55. The summed E-state index contributed by atoms with van der Waals surface area (Å²) in [5.41, 5.74) is 0.461. The molecule has 1 amide bonds. The number of nitrogens with zero attached hydrogens (tertiary/aromatic N) is 2. The molecule has 0 saturated carbocycles. The number of rotatable bonds is 1.